The van der Waals surface area contributed by atoms with Gasteiger partial charge in [0.2, 0.25) is 11.8 Å². The predicted molar refractivity (Wildman–Crippen MR) is 99.9 cm³/mol. The van der Waals surface area contributed by atoms with Crippen LogP contribution in [0.2, 0.25) is 0 Å². The Morgan fingerprint density at radius 2 is 0.960 bits per heavy atom. The Bertz CT molecular complexity index is 420. The molecule has 6 nitrogen and oxygen atoms in total. The fourth-order valence-corrected chi connectivity index (χ4v) is 2.49. The van der Waals surface area contributed by atoms with Gasteiger partial charge in [0.25, 0.3) is 0 Å². The Labute approximate surface area is 152 Å². The SMILES string of the molecule is CC(C)(C)C(C(=O)N[C@H](CO)C(C)(C)C)C(=O)N[C@H](CO)C(C)(C)C. The normalized spacial score (nSPS) is 15.7. The van der Waals surface area contributed by atoms with Gasteiger partial charge in [-0.15, -0.1) is 0 Å². The highest BCUT2D eigenvalue weighted by Gasteiger charge is 2.41. The van der Waals surface area contributed by atoms with Gasteiger partial charge in [0, 0.05) is 0 Å². The number of amides is 2. The smallest absolute Gasteiger partial charge is 0.233 e. The maximum Gasteiger partial charge on any atom is 0.233 e. The van der Waals surface area contributed by atoms with E-state index in [1.807, 2.05) is 62.3 Å². The Kier molecular flexibility index (Phi) is 8.11. The number of carbonyl (C=O) groups excluding carboxylic acids is 2. The summed E-state index contributed by atoms with van der Waals surface area (Å²) in [5, 5.41) is 24.8. The molecular formula is C19H38N2O4. The molecule has 2 amide bonds. The van der Waals surface area contributed by atoms with Gasteiger partial charge in [0.05, 0.1) is 25.3 Å². The molecule has 0 aliphatic rings. The number of aliphatic hydroxyl groups is 2. The van der Waals surface area contributed by atoms with Gasteiger partial charge >= 0.3 is 0 Å². The van der Waals surface area contributed by atoms with Crippen molar-refractivity contribution in [1.82, 2.24) is 10.6 Å². The number of carbonyl (C=O) groups is 2. The van der Waals surface area contributed by atoms with Crippen LogP contribution in [-0.2, 0) is 9.59 Å². The minimum Gasteiger partial charge on any atom is -0.394 e. The minimum absolute atomic E-state index is 0.199. The van der Waals surface area contributed by atoms with E-state index in [-0.39, 0.29) is 24.0 Å². The summed E-state index contributed by atoms with van der Waals surface area (Å²) in [6.07, 6.45) is 0. The van der Waals surface area contributed by atoms with Gasteiger partial charge in [0.15, 0.2) is 0 Å². The topological polar surface area (TPSA) is 98.7 Å². The third-order valence-corrected chi connectivity index (χ3v) is 4.48. The average Bonchev–Trinajstić information content (AvgIpc) is 2.37. The van der Waals surface area contributed by atoms with Gasteiger partial charge in [0.1, 0.15) is 5.92 Å². The van der Waals surface area contributed by atoms with Crippen LogP contribution < -0.4 is 10.6 Å². The highest BCUT2D eigenvalue weighted by Crippen LogP contribution is 2.29. The van der Waals surface area contributed by atoms with Gasteiger partial charge in [-0.05, 0) is 16.2 Å². The van der Waals surface area contributed by atoms with Crippen molar-refractivity contribution in [1.29, 1.82) is 0 Å². The first kappa shape index (κ1) is 23.9. The molecule has 0 rings (SSSR count). The predicted octanol–water partition coefficient (Wildman–Crippen LogP) is 1.70. The molecule has 0 heterocycles. The minimum atomic E-state index is -0.930. The largest absolute Gasteiger partial charge is 0.394 e. The zero-order valence-corrected chi connectivity index (χ0v) is 17.4. The molecule has 0 unspecified atom stereocenters. The van der Waals surface area contributed by atoms with E-state index in [1.165, 1.54) is 0 Å². The third-order valence-electron chi connectivity index (χ3n) is 4.48. The van der Waals surface area contributed by atoms with E-state index >= 15 is 0 Å². The molecule has 4 N–H and O–H groups in total. The molecule has 2 atom stereocenters. The fourth-order valence-electron chi connectivity index (χ4n) is 2.49. The molecule has 0 aromatic rings. The molecule has 6 heteroatoms. The van der Waals surface area contributed by atoms with Crippen molar-refractivity contribution in [2.75, 3.05) is 13.2 Å². The average molecular weight is 359 g/mol. The van der Waals surface area contributed by atoms with Crippen LogP contribution in [0.5, 0.6) is 0 Å². The second-order valence-electron chi connectivity index (χ2n) is 10.0. The van der Waals surface area contributed by atoms with Crippen molar-refractivity contribution in [3.63, 3.8) is 0 Å². The summed E-state index contributed by atoms with van der Waals surface area (Å²) in [5.41, 5.74) is -1.27. The first-order valence-corrected chi connectivity index (χ1v) is 8.88. The van der Waals surface area contributed by atoms with E-state index < -0.39 is 35.2 Å². The van der Waals surface area contributed by atoms with Gasteiger partial charge in [-0.1, -0.05) is 62.3 Å². The molecule has 0 saturated carbocycles. The van der Waals surface area contributed by atoms with Crippen LogP contribution in [0.4, 0.5) is 0 Å². The van der Waals surface area contributed by atoms with Crippen molar-refractivity contribution in [3.05, 3.63) is 0 Å². The number of hydrogen-bond donors (Lipinski definition) is 4. The highest BCUT2D eigenvalue weighted by molar-refractivity contribution is 6.01. The van der Waals surface area contributed by atoms with Gasteiger partial charge in [-0.2, -0.15) is 0 Å². The van der Waals surface area contributed by atoms with Crippen LogP contribution >= 0.6 is 0 Å². The van der Waals surface area contributed by atoms with E-state index in [0.717, 1.165) is 0 Å². The van der Waals surface area contributed by atoms with Crippen molar-refractivity contribution >= 4 is 11.8 Å². The molecule has 0 aliphatic heterocycles. The van der Waals surface area contributed by atoms with Gasteiger partial charge in [-0.25, -0.2) is 0 Å². The van der Waals surface area contributed by atoms with E-state index in [9.17, 15) is 19.8 Å². The van der Waals surface area contributed by atoms with Gasteiger partial charge in [-0.3, -0.25) is 9.59 Å². The molecular weight excluding hydrogens is 320 g/mol. The summed E-state index contributed by atoms with van der Waals surface area (Å²) >= 11 is 0. The lowest BCUT2D eigenvalue weighted by Gasteiger charge is -2.36. The van der Waals surface area contributed by atoms with Crippen LogP contribution in [-0.4, -0.2) is 47.3 Å². The highest BCUT2D eigenvalue weighted by atomic mass is 16.3. The number of nitrogens with one attached hydrogen (secondary N) is 2. The fraction of sp³-hybridized carbons (Fsp3) is 0.895. The summed E-state index contributed by atoms with van der Waals surface area (Å²) < 4.78 is 0. The lowest BCUT2D eigenvalue weighted by molar-refractivity contribution is -0.142. The van der Waals surface area contributed by atoms with Crippen LogP contribution in [0, 0.1) is 22.2 Å². The molecule has 0 aromatic carbocycles. The maximum absolute atomic E-state index is 12.8. The van der Waals surface area contributed by atoms with Crippen molar-refractivity contribution in [2.45, 2.75) is 74.4 Å². The maximum atomic E-state index is 12.8. The molecule has 0 aliphatic carbocycles. The summed E-state index contributed by atoms with van der Waals surface area (Å²) in [5.74, 6) is -1.76. The molecule has 0 saturated heterocycles. The molecule has 0 aromatic heterocycles. The Morgan fingerprint density at radius 1 is 0.680 bits per heavy atom. The van der Waals surface area contributed by atoms with E-state index in [1.54, 1.807) is 0 Å². The van der Waals surface area contributed by atoms with E-state index in [2.05, 4.69) is 10.6 Å². The summed E-state index contributed by atoms with van der Waals surface area (Å²) in [6.45, 7) is 16.6. The number of rotatable bonds is 6. The first-order valence-electron chi connectivity index (χ1n) is 8.88. The van der Waals surface area contributed by atoms with Crippen LogP contribution in [0.1, 0.15) is 62.3 Å². The molecule has 0 radical (unpaired) electrons. The molecule has 0 bridgehead atoms. The standard InChI is InChI=1S/C19H38N2O4/c1-17(2,3)12(10-22)20-15(24)14(19(7,8)9)16(25)21-13(11-23)18(4,5)6/h12-14,22-23H,10-11H2,1-9H3,(H,20,24)(H,21,25)/t12-,13-/m1/s1. The van der Waals surface area contributed by atoms with Crippen LogP contribution in [0.3, 0.4) is 0 Å². The van der Waals surface area contributed by atoms with Crippen LogP contribution in [0.15, 0.2) is 0 Å². The zero-order valence-electron chi connectivity index (χ0n) is 17.4. The molecule has 0 fully saturated rings. The second kappa shape index (κ2) is 8.49. The molecule has 148 valence electrons. The first-order chi connectivity index (χ1) is 11.1. The monoisotopic (exact) mass is 358 g/mol. The zero-order chi connectivity index (χ0) is 20.2. The quantitative estimate of drug-likeness (QED) is 0.543. The Hall–Kier alpha value is -1.14. The Balaban J connectivity index is 5.45. The van der Waals surface area contributed by atoms with E-state index in [4.69, 9.17) is 0 Å². The summed E-state index contributed by atoms with van der Waals surface area (Å²) in [7, 11) is 0. The second-order valence-corrected chi connectivity index (χ2v) is 10.0. The number of hydrogen-bond acceptors (Lipinski definition) is 4. The van der Waals surface area contributed by atoms with Crippen LogP contribution in [0.25, 0.3) is 0 Å². The molecule has 25 heavy (non-hydrogen) atoms. The van der Waals surface area contributed by atoms with Gasteiger partial charge < -0.3 is 20.8 Å². The van der Waals surface area contributed by atoms with Crippen molar-refractivity contribution in [2.24, 2.45) is 22.2 Å². The summed E-state index contributed by atoms with van der Waals surface area (Å²) in [4.78, 5) is 25.6. The Morgan fingerprint density at radius 3 is 1.12 bits per heavy atom. The van der Waals surface area contributed by atoms with Crippen molar-refractivity contribution in [3.8, 4) is 0 Å². The lowest BCUT2D eigenvalue weighted by atomic mass is 9.77. The molecule has 0 spiro atoms. The van der Waals surface area contributed by atoms with E-state index in [0.29, 0.717) is 0 Å². The lowest BCUT2D eigenvalue weighted by Crippen LogP contribution is -2.56. The summed E-state index contributed by atoms with van der Waals surface area (Å²) in [6, 6.07) is -0.900. The third kappa shape index (κ3) is 7.32. The number of aliphatic hydroxyl groups excluding tert-OH is 2. The van der Waals surface area contributed by atoms with Crippen molar-refractivity contribution < 1.29 is 19.8 Å².